The van der Waals surface area contributed by atoms with Crippen molar-refractivity contribution in [2.24, 2.45) is 0 Å². The molecule has 1 aliphatic carbocycles. The highest BCUT2D eigenvalue weighted by molar-refractivity contribution is 7.61. The largest absolute Gasteiger partial charge is 0.371 e. The van der Waals surface area contributed by atoms with Crippen molar-refractivity contribution >= 4 is 7.52 Å². The molecule has 0 saturated heterocycles. The molecule has 0 spiro atoms. The van der Waals surface area contributed by atoms with E-state index in [0.29, 0.717) is 13.1 Å². The number of hydrogen-bond donors (Lipinski definition) is 0. The van der Waals surface area contributed by atoms with E-state index < -0.39 is 7.52 Å². The minimum absolute atomic E-state index is 0.0247. The molecule has 0 bridgehead atoms. The van der Waals surface area contributed by atoms with Crippen LogP contribution in [0.25, 0.3) is 0 Å². The van der Waals surface area contributed by atoms with Gasteiger partial charge in [-0.15, -0.1) is 0 Å². The normalized spacial score (nSPS) is 20.4. The smallest absolute Gasteiger partial charge is 0.304 e. The molecular formula is C12H23N2O2P. The van der Waals surface area contributed by atoms with Crippen LogP contribution in [0.4, 0.5) is 0 Å². The van der Waals surface area contributed by atoms with Gasteiger partial charge in [-0.1, -0.05) is 26.7 Å². The van der Waals surface area contributed by atoms with Gasteiger partial charge in [-0.05, 0) is 25.7 Å². The quantitative estimate of drug-likeness (QED) is 0.653. The van der Waals surface area contributed by atoms with Crippen molar-refractivity contribution in [2.45, 2.75) is 58.5 Å². The summed E-state index contributed by atoms with van der Waals surface area (Å²) in [5.41, 5.74) is 0. The first kappa shape index (κ1) is 14.7. The highest BCUT2D eigenvalue weighted by Crippen LogP contribution is 2.52. The summed E-state index contributed by atoms with van der Waals surface area (Å²) in [5, 5.41) is 9.19. The van der Waals surface area contributed by atoms with Crippen molar-refractivity contribution < 1.29 is 9.09 Å². The SMILES string of the molecule is CCCN(CCC)P(=O)(C#N)OC1CCCC1. The molecule has 5 heteroatoms. The van der Waals surface area contributed by atoms with Crippen LogP contribution in [-0.4, -0.2) is 23.9 Å². The van der Waals surface area contributed by atoms with Crippen molar-refractivity contribution in [1.82, 2.24) is 4.67 Å². The standard InChI is InChI=1S/C12H23N2O2P/c1-3-9-14(10-4-2)17(15,11-13)16-12-7-5-6-8-12/h12H,3-10H2,1-2H3. The second kappa shape index (κ2) is 7.16. The summed E-state index contributed by atoms with van der Waals surface area (Å²) in [7, 11) is -3.25. The van der Waals surface area contributed by atoms with E-state index in [0.717, 1.165) is 38.5 Å². The van der Waals surface area contributed by atoms with Gasteiger partial charge in [0.1, 0.15) is 0 Å². The lowest BCUT2D eigenvalue weighted by molar-refractivity contribution is 0.188. The van der Waals surface area contributed by atoms with Crippen molar-refractivity contribution in [1.29, 1.82) is 5.26 Å². The topological polar surface area (TPSA) is 53.3 Å². The zero-order valence-corrected chi connectivity index (χ0v) is 11.8. The fourth-order valence-corrected chi connectivity index (χ4v) is 4.09. The first-order valence-electron chi connectivity index (χ1n) is 6.61. The van der Waals surface area contributed by atoms with E-state index in [2.05, 4.69) is 0 Å². The molecule has 17 heavy (non-hydrogen) atoms. The van der Waals surface area contributed by atoms with E-state index >= 15 is 0 Å². The number of hydrogen-bond acceptors (Lipinski definition) is 3. The third kappa shape index (κ3) is 4.10. The molecule has 0 aromatic carbocycles. The zero-order valence-electron chi connectivity index (χ0n) is 10.9. The average Bonchev–Trinajstić information content (AvgIpc) is 2.81. The van der Waals surface area contributed by atoms with E-state index in [4.69, 9.17) is 4.52 Å². The molecule has 0 N–H and O–H groups in total. The van der Waals surface area contributed by atoms with E-state index in [9.17, 15) is 9.83 Å². The van der Waals surface area contributed by atoms with Crippen LogP contribution in [0.5, 0.6) is 0 Å². The Hall–Kier alpha value is -0.360. The minimum atomic E-state index is -3.25. The van der Waals surface area contributed by atoms with Crippen LogP contribution in [0.3, 0.4) is 0 Å². The molecule has 1 aliphatic rings. The average molecular weight is 258 g/mol. The zero-order chi connectivity index (χ0) is 12.7. The minimum Gasteiger partial charge on any atom is -0.304 e. The van der Waals surface area contributed by atoms with Gasteiger partial charge >= 0.3 is 7.52 Å². The lowest BCUT2D eigenvalue weighted by Gasteiger charge is -2.27. The molecule has 1 unspecified atom stereocenters. The first-order chi connectivity index (χ1) is 8.16. The maximum absolute atomic E-state index is 12.6. The van der Waals surface area contributed by atoms with Crippen LogP contribution in [0.2, 0.25) is 0 Å². The highest BCUT2D eigenvalue weighted by atomic mass is 31.2. The number of nitrogens with zero attached hydrogens (tertiary/aromatic N) is 2. The highest BCUT2D eigenvalue weighted by Gasteiger charge is 2.34. The van der Waals surface area contributed by atoms with Crippen LogP contribution in [0.1, 0.15) is 52.4 Å². The molecule has 0 heterocycles. The van der Waals surface area contributed by atoms with Gasteiger partial charge in [-0.25, -0.2) is 4.67 Å². The molecule has 1 fully saturated rings. The summed E-state index contributed by atoms with van der Waals surface area (Å²) < 4.78 is 19.9. The second-order valence-corrected chi connectivity index (χ2v) is 6.60. The number of rotatable bonds is 7. The summed E-state index contributed by atoms with van der Waals surface area (Å²) in [6, 6.07) is 0. The molecule has 0 aromatic rings. The van der Waals surface area contributed by atoms with Crippen LogP contribution >= 0.6 is 7.52 Å². The Morgan fingerprint density at radius 2 is 1.82 bits per heavy atom. The van der Waals surface area contributed by atoms with Gasteiger partial charge in [0, 0.05) is 13.1 Å². The van der Waals surface area contributed by atoms with E-state index in [1.54, 1.807) is 4.67 Å². The van der Waals surface area contributed by atoms with E-state index in [1.807, 2.05) is 19.7 Å². The summed E-state index contributed by atoms with van der Waals surface area (Å²) in [6.45, 7) is 5.40. The predicted molar refractivity (Wildman–Crippen MR) is 68.7 cm³/mol. The molecule has 0 amide bonds. The van der Waals surface area contributed by atoms with Crippen molar-refractivity contribution in [3.8, 4) is 5.81 Å². The van der Waals surface area contributed by atoms with E-state index in [-0.39, 0.29) is 6.10 Å². The molecule has 4 nitrogen and oxygen atoms in total. The number of nitriles is 1. The fraction of sp³-hybridized carbons (Fsp3) is 0.917. The fourth-order valence-electron chi connectivity index (χ4n) is 2.24. The predicted octanol–water partition coefficient (Wildman–Crippen LogP) is 3.74. The van der Waals surface area contributed by atoms with Crippen molar-refractivity contribution in [2.75, 3.05) is 13.1 Å². The third-order valence-corrected chi connectivity index (χ3v) is 5.04. The van der Waals surface area contributed by atoms with Gasteiger partial charge in [0.2, 0.25) is 0 Å². The van der Waals surface area contributed by atoms with Crippen LogP contribution in [0.15, 0.2) is 0 Å². The molecule has 0 aromatic heterocycles. The summed E-state index contributed by atoms with van der Waals surface area (Å²) >= 11 is 0. The van der Waals surface area contributed by atoms with Crippen LogP contribution in [0, 0.1) is 11.1 Å². The molecular weight excluding hydrogens is 235 g/mol. The molecule has 98 valence electrons. The monoisotopic (exact) mass is 258 g/mol. The van der Waals surface area contributed by atoms with Crippen LogP contribution in [-0.2, 0) is 9.09 Å². The molecule has 0 aliphatic heterocycles. The third-order valence-electron chi connectivity index (χ3n) is 3.06. The van der Waals surface area contributed by atoms with Gasteiger partial charge in [0.15, 0.2) is 5.81 Å². The lowest BCUT2D eigenvalue weighted by Crippen LogP contribution is -2.24. The second-order valence-electron chi connectivity index (χ2n) is 4.59. The maximum atomic E-state index is 12.6. The molecule has 1 atom stereocenters. The Labute approximate surface area is 104 Å². The van der Waals surface area contributed by atoms with Gasteiger partial charge in [-0.3, -0.25) is 4.57 Å². The molecule has 0 radical (unpaired) electrons. The summed E-state index contributed by atoms with van der Waals surface area (Å²) in [4.78, 5) is 0. The van der Waals surface area contributed by atoms with Gasteiger partial charge in [-0.2, -0.15) is 5.26 Å². The molecule has 1 saturated carbocycles. The van der Waals surface area contributed by atoms with Gasteiger partial charge in [0.25, 0.3) is 0 Å². The summed E-state index contributed by atoms with van der Waals surface area (Å²) in [6.07, 6.45) is 5.93. The Bertz CT molecular complexity index is 302. The maximum Gasteiger partial charge on any atom is 0.371 e. The summed E-state index contributed by atoms with van der Waals surface area (Å²) in [5.74, 6) is 1.93. The Kier molecular flexibility index (Phi) is 6.19. The lowest BCUT2D eigenvalue weighted by atomic mass is 10.3. The van der Waals surface area contributed by atoms with Crippen molar-refractivity contribution in [3.05, 3.63) is 0 Å². The van der Waals surface area contributed by atoms with Gasteiger partial charge in [0.05, 0.1) is 6.10 Å². The molecule has 1 rings (SSSR count). The first-order valence-corrected chi connectivity index (χ1v) is 8.19. The van der Waals surface area contributed by atoms with Gasteiger partial charge < -0.3 is 4.52 Å². The van der Waals surface area contributed by atoms with Crippen LogP contribution < -0.4 is 0 Å². The van der Waals surface area contributed by atoms with Crippen molar-refractivity contribution in [3.63, 3.8) is 0 Å². The Balaban J connectivity index is 2.69. The van der Waals surface area contributed by atoms with E-state index in [1.165, 1.54) is 0 Å². The Morgan fingerprint density at radius 3 is 2.24 bits per heavy atom. The Morgan fingerprint density at radius 1 is 1.29 bits per heavy atom.